The minimum absolute atomic E-state index is 0.177. The molecule has 6 heteroatoms. The Morgan fingerprint density at radius 1 is 1.00 bits per heavy atom. The summed E-state index contributed by atoms with van der Waals surface area (Å²) in [5.74, 6) is -0.281. The van der Waals surface area contributed by atoms with Gasteiger partial charge in [0.2, 0.25) is 0 Å². The maximum atomic E-state index is 11.8. The first-order valence-electron chi connectivity index (χ1n) is 8.29. The lowest BCUT2D eigenvalue weighted by Gasteiger charge is -2.07. The second kappa shape index (κ2) is 9.36. The molecule has 2 aromatic carbocycles. The fraction of sp³-hybridized carbons (Fsp3) is 0.250. The quantitative estimate of drug-likeness (QED) is 0.471. The first kappa shape index (κ1) is 19.2. The summed E-state index contributed by atoms with van der Waals surface area (Å²) < 4.78 is 10.3. The van der Waals surface area contributed by atoms with Crippen LogP contribution >= 0.6 is 0 Å². The molecule has 0 saturated heterocycles. The summed E-state index contributed by atoms with van der Waals surface area (Å²) in [6, 6.07) is 14.3. The number of carbonyl (C=O) groups is 2. The van der Waals surface area contributed by atoms with E-state index in [-0.39, 0.29) is 12.5 Å². The van der Waals surface area contributed by atoms with E-state index >= 15 is 0 Å². The predicted molar refractivity (Wildman–Crippen MR) is 99.4 cm³/mol. The molecule has 26 heavy (non-hydrogen) atoms. The van der Waals surface area contributed by atoms with Crippen LogP contribution < -0.4 is 10.2 Å². The van der Waals surface area contributed by atoms with Crippen LogP contribution in [0.3, 0.4) is 0 Å². The molecule has 0 bridgehead atoms. The smallest absolute Gasteiger partial charge is 0.338 e. The van der Waals surface area contributed by atoms with E-state index in [9.17, 15) is 9.59 Å². The predicted octanol–water partition coefficient (Wildman–Crippen LogP) is 3.09. The second-order valence-corrected chi connectivity index (χ2v) is 5.63. The zero-order valence-electron chi connectivity index (χ0n) is 15.1. The molecule has 1 N–H and O–H groups in total. The van der Waals surface area contributed by atoms with E-state index in [0.717, 1.165) is 11.1 Å². The average Bonchev–Trinajstić information content (AvgIpc) is 2.65. The molecule has 2 aromatic rings. The summed E-state index contributed by atoms with van der Waals surface area (Å²) in [6.07, 6.45) is 0. The zero-order chi connectivity index (χ0) is 18.9. The van der Waals surface area contributed by atoms with Crippen molar-refractivity contribution in [3.8, 4) is 5.75 Å². The third kappa shape index (κ3) is 5.73. The third-order valence-electron chi connectivity index (χ3n) is 3.55. The van der Waals surface area contributed by atoms with Crippen LogP contribution in [0.5, 0.6) is 5.75 Å². The van der Waals surface area contributed by atoms with Crippen molar-refractivity contribution in [1.82, 2.24) is 5.43 Å². The van der Waals surface area contributed by atoms with E-state index in [1.807, 2.05) is 38.1 Å². The lowest BCUT2D eigenvalue weighted by Crippen LogP contribution is -2.25. The molecule has 0 unspecified atom stereocenters. The van der Waals surface area contributed by atoms with Crippen LogP contribution in [0.4, 0.5) is 0 Å². The van der Waals surface area contributed by atoms with Crippen LogP contribution in [0.25, 0.3) is 0 Å². The number of hydrazone groups is 1. The topological polar surface area (TPSA) is 77.0 Å². The van der Waals surface area contributed by atoms with Crippen LogP contribution in [-0.2, 0) is 9.53 Å². The number of esters is 1. The zero-order valence-corrected chi connectivity index (χ0v) is 15.1. The van der Waals surface area contributed by atoms with Crippen molar-refractivity contribution >= 4 is 17.6 Å². The van der Waals surface area contributed by atoms with E-state index in [0.29, 0.717) is 23.6 Å². The Hall–Kier alpha value is -3.15. The molecule has 136 valence electrons. The highest BCUT2D eigenvalue weighted by Crippen LogP contribution is 2.13. The minimum atomic E-state index is -0.391. The molecule has 0 aromatic heterocycles. The summed E-state index contributed by atoms with van der Waals surface area (Å²) in [5.41, 5.74) is 5.70. The van der Waals surface area contributed by atoms with E-state index in [2.05, 4.69) is 10.5 Å². The Kier molecular flexibility index (Phi) is 6.91. The lowest BCUT2D eigenvalue weighted by atomic mass is 10.1. The molecule has 0 aliphatic carbocycles. The number of aryl methyl sites for hydroxylation is 1. The Labute approximate surface area is 152 Å². The van der Waals surface area contributed by atoms with Crippen LogP contribution in [0.1, 0.15) is 35.3 Å². The van der Waals surface area contributed by atoms with Gasteiger partial charge in [0, 0.05) is 0 Å². The highest BCUT2D eigenvalue weighted by molar-refractivity contribution is 5.99. The van der Waals surface area contributed by atoms with Gasteiger partial charge in [-0.25, -0.2) is 10.2 Å². The summed E-state index contributed by atoms with van der Waals surface area (Å²) in [5, 5.41) is 4.07. The number of rotatable bonds is 7. The summed E-state index contributed by atoms with van der Waals surface area (Å²) in [6.45, 7) is 5.72. The van der Waals surface area contributed by atoms with Crippen molar-refractivity contribution < 1.29 is 19.1 Å². The van der Waals surface area contributed by atoms with Gasteiger partial charge in [0.25, 0.3) is 5.91 Å². The molecule has 0 fully saturated rings. The summed E-state index contributed by atoms with van der Waals surface area (Å²) in [7, 11) is 0. The van der Waals surface area contributed by atoms with Crippen molar-refractivity contribution in [3.63, 3.8) is 0 Å². The molecule has 0 aliphatic rings. The fourth-order valence-corrected chi connectivity index (χ4v) is 2.09. The molecule has 6 nitrogen and oxygen atoms in total. The average molecular weight is 354 g/mol. The van der Waals surface area contributed by atoms with E-state index < -0.39 is 5.97 Å². The number of nitrogens with zero attached hydrogens (tertiary/aromatic N) is 1. The fourth-order valence-electron chi connectivity index (χ4n) is 2.09. The van der Waals surface area contributed by atoms with Gasteiger partial charge in [0.15, 0.2) is 6.61 Å². The molecule has 2 rings (SSSR count). The Balaban J connectivity index is 1.83. The van der Waals surface area contributed by atoms with E-state index in [1.165, 1.54) is 0 Å². The number of hydrogen-bond donors (Lipinski definition) is 1. The number of carbonyl (C=O) groups excluding carboxylic acids is 2. The second-order valence-electron chi connectivity index (χ2n) is 5.63. The number of hydrogen-bond acceptors (Lipinski definition) is 5. The molecule has 0 saturated carbocycles. The van der Waals surface area contributed by atoms with Gasteiger partial charge in [0.05, 0.1) is 17.9 Å². The number of amides is 1. The van der Waals surface area contributed by atoms with Gasteiger partial charge in [-0.15, -0.1) is 0 Å². The minimum Gasteiger partial charge on any atom is -0.484 e. The van der Waals surface area contributed by atoms with E-state index in [4.69, 9.17) is 9.47 Å². The largest absolute Gasteiger partial charge is 0.484 e. The van der Waals surface area contributed by atoms with Gasteiger partial charge in [-0.1, -0.05) is 29.8 Å². The van der Waals surface area contributed by atoms with Crippen LogP contribution in [0.2, 0.25) is 0 Å². The normalized spacial score (nSPS) is 11.0. The van der Waals surface area contributed by atoms with Gasteiger partial charge in [-0.2, -0.15) is 5.10 Å². The first-order chi connectivity index (χ1) is 12.5. The van der Waals surface area contributed by atoms with Gasteiger partial charge < -0.3 is 9.47 Å². The molecule has 0 heterocycles. The summed E-state index contributed by atoms with van der Waals surface area (Å²) >= 11 is 0. The van der Waals surface area contributed by atoms with Gasteiger partial charge in [0.1, 0.15) is 5.75 Å². The monoisotopic (exact) mass is 354 g/mol. The molecule has 0 aliphatic heterocycles. The van der Waals surface area contributed by atoms with Gasteiger partial charge >= 0.3 is 5.97 Å². The standard InChI is InChI=1S/C20H22N2O4/c1-4-25-20(24)17-9-11-18(12-10-17)26-13-19(23)22-21-15(3)16-7-5-14(2)6-8-16/h5-12H,4,13H2,1-3H3,(H,22,23). The van der Waals surface area contributed by atoms with Crippen LogP contribution in [0, 0.1) is 6.92 Å². The number of ether oxygens (including phenoxy) is 2. The van der Waals surface area contributed by atoms with Crippen molar-refractivity contribution in [3.05, 3.63) is 65.2 Å². The van der Waals surface area contributed by atoms with Gasteiger partial charge in [-0.05, 0) is 50.6 Å². The molecular weight excluding hydrogens is 332 g/mol. The van der Waals surface area contributed by atoms with Crippen LogP contribution in [-0.4, -0.2) is 30.8 Å². The molecule has 1 amide bonds. The van der Waals surface area contributed by atoms with E-state index in [1.54, 1.807) is 31.2 Å². The maximum absolute atomic E-state index is 11.8. The Morgan fingerprint density at radius 3 is 2.23 bits per heavy atom. The van der Waals surface area contributed by atoms with Crippen molar-refractivity contribution in [2.45, 2.75) is 20.8 Å². The SMILES string of the molecule is CCOC(=O)c1ccc(OCC(=O)NN=C(C)c2ccc(C)cc2)cc1. The lowest BCUT2D eigenvalue weighted by molar-refractivity contribution is -0.123. The first-order valence-corrected chi connectivity index (χ1v) is 8.29. The van der Waals surface area contributed by atoms with Crippen molar-refractivity contribution in [1.29, 1.82) is 0 Å². The van der Waals surface area contributed by atoms with Crippen LogP contribution in [0.15, 0.2) is 53.6 Å². The number of nitrogens with one attached hydrogen (secondary N) is 1. The molecule has 0 atom stereocenters. The summed E-state index contributed by atoms with van der Waals surface area (Å²) in [4.78, 5) is 23.4. The number of benzene rings is 2. The Bertz CT molecular complexity index is 780. The third-order valence-corrected chi connectivity index (χ3v) is 3.55. The highest BCUT2D eigenvalue weighted by Gasteiger charge is 2.07. The molecular formula is C20H22N2O4. The van der Waals surface area contributed by atoms with Crippen molar-refractivity contribution in [2.24, 2.45) is 5.10 Å². The maximum Gasteiger partial charge on any atom is 0.338 e. The highest BCUT2D eigenvalue weighted by atomic mass is 16.5. The molecule has 0 spiro atoms. The molecule has 0 radical (unpaired) electrons. The Morgan fingerprint density at radius 2 is 1.62 bits per heavy atom. The van der Waals surface area contributed by atoms with Crippen molar-refractivity contribution in [2.75, 3.05) is 13.2 Å². The van der Waals surface area contributed by atoms with Gasteiger partial charge in [-0.3, -0.25) is 4.79 Å².